The molecule has 1 fully saturated rings. The van der Waals surface area contributed by atoms with Gasteiger partial charge in [-0.25, -0.2) is 0 Å². The number of benzene rings is 1. The molecule has 2 aliphatic rings. The zero-order chi connectivity index (χ0) is 14.7. The van der Waals surface area contributed by atoms with E-state index in [1.54, 1.807) is 7.11 Å². The van der Waals surface area contributed by atoms with Crippen molar-refractivity contribution in [2.45, 2.75) is 62.3 Å². The summed E-state index contributed by atoms with van der Waals surface area (Å²) in [4.78, 5) is 0. The average molecular weight is 305 g/mol. The molecular weight excluding hydrogens is 278 g/mol. The Kier molecular flexibility index (Phi) is 5.12. The van der Waals surface area contributed by atoms with E-state index in [0.29, 0.717) is 12.1 Å². The van der Waals surface area contributed by atoms with E-state index in [1.807, 2.05) is 11.8 Å². The van der Waals surface area contributed by atoms with E-state index in [0.717, 1.165) is 11.0 Å². The van der Waals surface area contributed by atoms with Crippen molar-refractivity contribution in [2.24, 2.45) is 0 Å². The predicted octanol–water partition coefficient (Wildman–Crippen LogP) is 4.34. The SMILES string of the molecule is COc1ccc2c(c1)CCCC2NC1CCCC(SC)C1. The molecule has 2 aliphatic carbocycles. The third-order valence-corrected chi connectivity index (χ3v) is 6.16. The Balaban J connectivity index is 1.70. The summed E-state index contributed by atoms with van der Waals surface area (Å²) in [6, 6.07) is 7.87. The van der Waals surface area contributed by atoms with Gasteiger partial charge in [-0.3, -0.25) is 0 Å². The summed E-state index contributed by atoms with van der Waals surface area (Å²) in [5, 5.41) is 4.82. The van der Waals surface area contributed by atoms with Gasteiger partial charge in [-0.15, -0.1) is 0 Å². The lowest BCUT2D eigenvalue weighted by atomic mass is 9.85. The van der Waals surface area contributed by atoms with Gasteiger partial charge in [0.2, 0.25) is 0 Å². The van der Waals surface area contributed by atoms with Crippen LogP contribution in [0.1, 0.15) is 55.7 Å². The number of methoxy groups -OCH3 is 1. The Bertz CT molecular complexity index is 476. The van der Waals surface area contributed by atoms with Crippen LogP contribution in [0.2, 0.25) is 0 Å². The van der Waals surface area contributed by atoms with Crippen LogP contribution in [0.3, 0.4) is 0 Å². The maximum absolute atomic E-state index is 5.37. The van der Waals surface area contributed by atoms with Crippen LogP contribution in [0, 0.1) is 0 Å². The van der Waals surface area contributed by atoms with Crippen LogP contribution in [0.4, 0.5) is 0 Å². The highest BCUT2D eigenvalue weighted by Gasteiger charge is 2.26. The lowest BCUT2D eigenvalue weighted by Crippen LogP contribution is -2.38. The van der Waals surface area contributed by atoms with Crippen LogP contribution in [0.5, 0.6) is 5.75 Å². The van der Waals surface area contributed by atoms with Crippen LogP contribution >= 0.6 is 11.8 Å². The molecule has 2 nitrogen and oxygen atoms in total. The Hall–Kier alpha value is -0.670. The number of thioether (sulfide) groups is 1. The maximum Gasteiger partial charge on any atom is 0.119 e. The molecule has 0 amide bonds. The van der Waals surface area contributed by atoms with Crippen molar-refractivity contribution in [3.05, 3.63) is 29.3 Å². The van der Waals surface area contributed by atoms with Gasteiger partial charge in [-0.2, -0.15) is 11.8 Å². The highest BCUT2D eigenvalue weighted by Crippen LogP contribution is 2.34. The van der Waals surface area contributed by atoms with E-state index >= 15 is 0 Å². The van der Waals surface area contributed by atoms with Crippen molar-refractivity contribution in [2.75, 3.05) is 13.4 Å². The molecule has 0 radical (unpaired) electrons. The van der Waals surface area contributed by atoms with Crippen molar-refractivity contribution in [3.63, 3.8) is 0 Å². The van der Waals surface area contributed by atoms with E-state index in [2.05, 4.69) is 29.8 Å². The zero-order valence-corrected chi connectivity index (χ0v) is 14.0. The standard InChI is InChI=1S/C18H27NOS/c1-20-15-9-10-17-13(11-15)5-3-8-18(17)19-14-6-4-7-16(12-14)21-2/h9-11,14,16,18-19H,3-8,12H2,1-2H3. The zero-order valence-electron chi connectivity index (χ0n) is 13.2. The second kappa shape index (κ2) is 7.06. The van der Waals surface area contributed by atoms with E-state index < -0.39 is 0 Å². The molecule has 0 aliphatic heterocycles. The number of hydrogen-bond acceptors (Lipinski definition) is 3. The molecule has 3 heteroatoms. The third-order valence-electron chi connectivity index (χ3n) is 5.06. The van der Waals surface area contributed by atoms with E-state index in [9.17, 15) is 0 Å². The number of ether oxygens (including phenoxy) is 1. The second-order valence-electron chi connectivity index (χ2n) is 6.40. The molecule has 0 saturated heterocycles. The molecule has 21 heavy (non-hydrogen) atoms. The molecule has 3 rings (SSSR count). The summed E-state index contributed by atoms with van der Waals surface area (Å²) in [5.41, 5.74) is 2.99. The Labute approximate surface area is 133 Å². The average Bonchev–Trinajstić information content (AvgIpc) is 2.55. The summed E-state index contributed by atoms with van der Waals surface area (Å²) >= 11 is 2.05. The summed E-state index contributed by atoms with van der Waals surface area (Å²) in [6.07, 6.45) is 11.5. The Morgan fingerprint density at radius 2 is 2.10 bits per heavy atom. The normalized spacial score (nSPS) is 29.0. The van der Waals surface area contributed by atoms with E-state index in [-0.39, 0.29) is 0 Å². The van der Waals surface area contributed by atoms with Gasteiger partial charge in [0.05, 0.1) is 7.11 Å². The van der Waals surface area contributed by atoms with Crippen LogP contribution in [-0.2, 0) is 6.42 Å². The molecule has 3 unspecified atom stereocenters. The number of aryl methyl sites for hydroxylation is 1. The fourth-order valence-corrected chi connectivity index (χ4v) is 4.71. The van der Waals surface area contributed by atoms with Crippen molar-refractivity contribution >= 4 is 11.8 Å². The second-order valence-corrected chi connectivity index (χ2v) is 7.54. The van der Waals surface area contributed by atoms with Gasteiger partial charge in [-0.05, 0) is 68.0 Å². The molecule has 1 saturated carbocycles. The first kappa shape index (κ1) is 15.2. The number of fused-ring (bicyclic) bond motifs is 1. The van der Waals surface area contributed by atoms with Crippen molar-refractivity contribution in [1.82, 2.24) is 5.32 Å². The van der Waals surface area contributed by atoms with Crippen molar-refractivity contribution < 1.29 is 4.74 Å². The smallest absolute Gasteiger partial charge is 0.119 e. The lowest BCUT2D eigenvalue weighted by Gasteiger charge is -2.34. The fourth-order valence-electron chi connectivity index (χ4n) is 3.89. The summed E-state index contributed by atoms with van der Waals surface area (Å²) < 4.78 is 5.37. The van der Waals surface area contributed by atoms with Crippen LogP contribution in [0.15, 0.2) is 18.2 Å². The van der Waals surface area contributed by atoms with Crippen LogP contribution in [-0.4, -0.2) is 24.7 Å². The van der Waals surface area contributed by atoms with Crippen molar-refractivity contribution in [3.8, 4) is 5.75 Å². The number of hydrogen-bond donors (Lipinski definition) is 1. The van der Waals surface area contributed by atoms with E-state index in [1.165, 1.54) is 56.1 Å². The first-order valence-electron chi connectivity index (χ1n) is 8.26. The van der Waals surface area contributed by atoms with Gasteiger partial charge in [0.15, 0.2) is 0 Å². The largest absolute Gasteiger partial charge is 0.497 e. The van der Waals surface area contributed by atoms with Gasteiger partial charge >= 0.3 is 0 Å². The summed E-state index contributed by atoms with van der Waals surface area (Å²) in [5.74, 6) is 0.995. The minimum absolute atomic E-state index is 0.547. The number of rotatable bonds is 4. The minimum atomic E-state index is 0.547. The maximum atomic E-state index is 5.37. The molecule has 3 atom stereocenters. The molecule has 0 spiro atoms. The van der Waals surface area contributed by atoms with Crippen molar-refractivity contribution in [1.29, 1.82) is 0 Å². The van der Waals surface area contributed by atoms with E-state index in [4.69, 9.17) is 4.74 Å². The van der Waals surface area contributed by atoms with Gasteiger partial charge < -0.3 is 10.1 Å². The highest BCUT2D eigenvalue weighted by molar-refractivity contribution is 7.99. The van der Waals surface area contributed by atoms with Gasteiger partial charge in [0.25, 0.3) is 0 Å². The quantitative estimate of drug-likeness (QED) is 0.894. The predicted molar refractivity (Wildman–Crippen MR) is 91.4 cm³/mol. The highest BCUT2D eigenvalue weighted by atomic mass is 32.2. The Morgan fingerprint density at radius 1 is 1.19 bits per heavy atom. The fraction of sp³-hybridized carbons (Fsp3) is 0.667. The van der Waals surface area contributed by atoms with Gasteiger partial charge in [0, 0.05) is 17.3 Å². The molecule has 1 aromatic rings. The summed E-state index contributed by atoms with van der Waals surface area (Å²) in [7, 11) is 1.75. The van der Waals surface area contributed by atoms with Crippen LogP contribution in [0.25, 0.3) is 0 Å². The first-order chi connectivity index (χ1) is 10.3. The molecule has 0 aromatic heterocycles. The lowest BCUT2D eigenvalue weighted by molar-refractivity contribution is 0.325. The molecule has 0 heterocycles. The third kappa shape index (κ3) is 3.57. The molecular formula is C18H27NOS. The number of nitrogens with one attached hydrogen (secondary N) is 1. The summed E-state index contributed by atoms with van der Waals surface area (Å²) in [6.45, 7) is 0. The Morgan fingerprint density at radius 3 is 2.90 bits per heavy atom. The van der Waals surface area contributed by atoms with Crippen LogP contribution < -0.4 is 10.1 Å². The molecule has 1 aromatic carbocycles. The minimum Gasteiger partial charge on any atom is -0.497 e. The van der Waals surface area contributed by atoms with Gasteiger partial charge in [0.1, 0.15) is 5.75 Å². The molecule has 0 bridgehead atoms. The molecule has 1 N–H and O–H groups in total. The van der Waals surface area contributed by atoms with Gasteiger partial charge in [-0.1, -0.05) is 12.5 Å². The first-order valence-corrected chi connectivity index (χ1v) is 9.54. The topological polar surface area (TPSA) is 21.3 Å². The molecule has 116 valence electrons. The monoisotopic (exact) mass is 305 g/mol.